The summed E-state index contributed by atoms with van der Waals surface area (Å²) in [7, 11) is 0. The molecule has 36 heavy (non-hydrogen) atoms. The second-order valence-electron chi connectivity index (χ2n) is 8.82. The van der Waals surface area contributed by atoms with Gasteiger partial charge in [-0.15, -0.1) is 0 Å². The van der Waals surface area contributed by atoms with E-state index in [1.54, 1.807) is 18.2 Å². The predicted octanol–water partition coefficient (Wildman–Crippen LogP) is 6.07. The zero-order valence-corrected chi connectivity index (χ0v) is 22.6. The van der Waals surface area contributed by atoms with Crippen LogP contribution in [0, 0.1) is 20.8 Å². The van der Waals surface area contributed by atoms with E-state index in [0.29, 0.717) is 34.3 Å². The molecule has 7 heteroatoms. The second-order valence-corrected chi connectivity index (χ2v) is 9.63. The molecule has 0 aliphatic rings. The van der Waals surface area contributed by atoms with Gasteiger partial charge in [0.2, 0.25) is 5.91 Å². The molecule has 2 amide bonds. The molecule has 0 heterocycles. The molecule has 0 aliphatic carbocycles. The number of rotatable bonds is 10. The minimum Gasteiger partial charge on any atom is -0.483 e. The van der Waals surface area contributed by atoms with Crippen molar-refractivity contribution in [2.24, 2.45) is 0 Å². The molecule has 0 fully saturated rings. The normalized spacial score (nSPS) is 11.6. The quantitative estimate of drug-likeness (QED) is 0.348. The number of carbonyl (C=O) groups is 2. The van der Waals surface area contributed by atoms with Gasteiger partial charge in [-0.3, -0.25) is 9.59 Å². The fourth-order valence-electron chi connectivity index (χ4n) is 4.07. The van der Waals surface area contributed by atoms with E-state index in [4.69, 9.17) is 27.9 Å². The van der Waals surface area contributed by atoms with E-state index < -0.39 is 6.04 Å². The van der Waals surface area contributed by atoms with Gasteiger partial charge in [-0.05, 0) is 68.1 Å². The van der Waals surface area contributed by atoms with E-state index in [9.17, 15) is 9.59 Å². The van der Waals surface area contributed by atoms with Gasteiger partial charge in [-0.2, -0.15) is 0 Å². The summed E-state index contributed by atoms with van der Waals surface area (Å²) in [6.45, 7) is 8.09. The van der Waals surface area contributed by atoms with Gasteiger partial charge in [0.05, 0.1) is 0 Å². The Morgan fingerprint density at radius 2 is 1.64 bits per heavy atom. The largest absolute Gasteiger partial charge is 0.483 e. The van der Waals surface area contributed by atoms with Crippen LogP contribution >= 0.6 is 23.2 Å². The molecule has 5 nitrogen and oxygen atoms in total. The molecule has 0 aromatic heterocycles. The first-order chi connectivity index (χ1) is 17.2. The van der Waals surface area contributed by atoms with Gasteiger partial charge in [-0.1, -0.05) is 65.7 Å². The molecular weight excluding hydrogens is 495 g/mol. The number of hydrogen-bond acceptors (Lipinski definition) is 3. The van der Waals surface area contributed by atoms with Gasteiger partial charge in [0, 0.05) is 35.1 Å². The first-order valence-corrected chi connectivity index (χ1v) is 12.7. The molecule has 1 unspecified atom stereocenters. The topological polar surface area (TPSA) is 58.6 Å². The first kappa shape index (κ1) is 27.6. The van der Waals surface area contributed by atoms with Gasteiger partial charge >= 0.3 is 0 Å². The molecule has 0 radical (unpaired) electrons. The van der Waals surface area contributed by atoms with Gasteiger partial charge < -0.3 is 15.0 Å². The number of ether oxygens (including phenoxy) is 1. The summed E-state index contributed by atoms with van der Waals surface area (Å²) >= 11 is 12.9. The fourth-order valence-corrected chi connectivity index (χ4v) is 4.59. The van der Waals surface area contributed by atoms with E-state index in [2.05, 4.69) is 11.4 Å². The van der Waals surface area contributed by atoms with Gasteiger partial charge in [0.15, 0.2) is 6.61 Å². The number of carbonyl (C=O) groups excluding carboxylic acids is 2. The van der Waals surface area contributed by atoms with Crippen molar-refractivity contribution in [3.63, 3.8) is 0 Å². The first-order valence-electron chi connectivity index (χ1n) is 12.0. The van der Waals surface area contributed by atoms with Crippen molar-refractivity contribution in [1.82, 2.24) is 10.2 Å². The number of nitrogens with one attached hydrogen (secondary N) is 1. The Labute approximate surface area is 223 Å². The highest BCUT2D eigenvalue weighted by Crippen LogP contribution is 2.28. The Hall–Kier alpha value is -3.02. The van der Waals surface area contributed by atoms with E-state index in [1.165, 1.54) is 4.90 Å². The van der Waals surface area contributed by atoms with Crippen LogP contribution in [-0.2, 0) is 22.6 Å². The highest BCUT2D eigenvalue weighted by Gasteiger charge is 2.31. The molecule has 0 bridgehead atoms. The standard InChI is InChI=1S/C29H32Cl2N2O3/c1-5-32-29(35)26(16-22-10-7-6-8-11-22)33(17-23-24(30)12-9-13-25(23)31)28(34)18-36-27-15-19(2)14-20(3)21(27)4/h6-15,26H,5,16-18H2,1-4H3,(H,32,35). The third-order valence-electron chi connectivity index (χ3n) is 6.13. The number of nitrogens with zero attached hydrogens (tertiary/aromatic N) is 1. The van der Waals surface area contributed by atoms with Crippen molar-refractivity contribution in [3.8, 4) is 5.75 Å². The van der Waals surface area contributed by atoms with Crippen molar-refractivity contribution in [3.05, 3.63) is 98.5 Å². The molecule has 1 atom stereocenters. The summed E-state index contributed by atoms with van der Waals surface area (Å²) in [5.74, 6) is 0.0615. The average molecular weight is 527 g/mol. The zero-order valence-electron chi connectivity index (χ0n) is 21.1. The molecule has 1 N–H and O–H groups in total. The maximum Gasteiger partial charge on any atom is 0.261 e. The van der Waals surface area contributed by atoms with Crippen LogP contribution < -0.4 is 10.1 Å². The van der Waals surface area contributed by atoms with E-state index in [1.807, 2.05) is 64.1 Å². The lowest BCUT2D eigenvalue weighted by Crippen LogP contribution is -2.51. The molecule has 3 rings (SSSR count). The van der Waals surface area contributed by atoms with Crippen LogP contribution in [-0.4, -0.2) is 35.9 Å². The van der Waals surface area contributed by atoms with Crippen molar-refractivity contribution in [1.29, 1.82) is 0 Å². The highest BCUT2D eigenvalue weighted by atomic mass is 35.5. The Morgan fingerprint density at radius 1 is 0.972 bits per heavy atom. The van der Waals surface area contributed by atoms with Gasteiger partial charge in [0.25, 0.3) is 5.91 Å². The predicted molar refractivity (Wildman–Crippen MR) is 146 cm³/mol. The third kappa shape index (κ3) is 7.02. The third-order valence-corrected chi connectivity index (χ3v) is 6.84. The lowest BCUT2D eigenvalue weighted by Gasteiger charge is -2.32. The number of amides is 2. The van der Waals surface area contributed by atoms with E-state index in [-0.39, 0.29) is 25.0 Å². The fraction of sp³-hybridized carbons (Fsp3) is 0.310. The number of halogens is 2. The van der Waals surface area contributed by atoms with Crippen molar-refractivity contribution >= 4 is 35.0 Å². The Morgan fingerprint density at radius 3 is 2.28 bits per heavy atom. The summed E-state index contributed by atoms with van der Waals surface area (Å²) in [5, 5.41) is 3.74. The highest BCUT2D eigenvalue weighted by molar-refractivity contribution is 6.36. The molecule has 3 aromatic rings. The summed E-state index contributed by atoms with van der Waals surface area (Å²) < 4.78 is 5.99. The average Bonchev–Trinajstić information content (AvgIpc) is 2.84. The molecular formula is C29H32Cl2N2O3. The Balaban J connectivity index is 1.97. The minimum absolute atomic E-state index is 0.0706. The smallest absolute Gasteiger partial charge is 0.261 e. The summed E-state index contributed by atoms with van der Waals surface area (Å²) in [6.07, 6.45) is 0.336. The second kappa shape index (κ2) is 12.8. The van der Waals surface area contributed by atoms with Gasteiger partial charge in [-0.25, -0.2) is 0 Å². The molecule has 0 spiro atoms. The van der Waals surface area contributed by atoms with E-state index in [0.717, 1.165) is 22.3 Å². The van der Waals surface area contributed by atoms with Crippen molar-refractivity contribution < 1.29 is 14.3 Å². The van der Waals surface area contributed by atoms with Crippen molar-refractivity contribution in [2.45, 2.75) is 46.7 Å². The number of benzene rings is 3. The van der Waals surface area contributed by atoms with Crippen LogP contribution in [0.5, 0.6) is 5.75 Å². The van der Waals surface area contributed by atoms with Gasteiger partial charge in [0.1, 0.15) is 11.8 Å². The van der Waals surface area contributed by atoms with Crippen LogP contribution in [0.25, 0.3) is 0 Å². The zero-order chi connectivity index (χ0) is 26.2. The van der Waals surface area contributed by atoms with E-state index >= 15 is 0 Å². The molecule has 0 saturated carbocycles. The number of likely N-dealkylation sites (N-methyl/N-ethyl adjacent to an activating group) is 1. The molecule has 0 saturated heterocycles. The Kier molecular flexibility index (Phi) is 9.80. The lowest BCUT2D eigenvalue weighted by molar-refractivity contribution is -0.142. The van der Waals surface area contributed by atoms with Crippen LogP contribution in [0.2, 0.25) is 10.0 Å². The van der Waals surface area contributed by atoms with Crippen LogP contribution in [0.15, 0.2) is 60.7 Å². The van der Waals surface area contributed by atoms with Crippen molar-refractivity contribution in [2.75, 3.05) is 13.2 Å². The van der Waals surface area contributed by atoms with Crippen LogP contribution in [0.3, 0.4) is 0 Å². The van der Waals surface area contributed by atoms with Crippen LogP contribution in [0.1, 0.15) is 34.7 Å². The summed E-state index contributed by atoms with van der Waals surface area (Å²) in [5.41, 5.74) is 4.62. The summed E-state index contributed by atoms with van der Waals surface area (Å²) in [6, 6.07) is 18.0. The minimum atomic E-state index is -0.781. The molecule has 0 aliphatic heterocycles. The number of hydrogen-bond donors (Lipinski definition) is 1. The SMILES string of the molecule is CCNC(=O)C(Cc1ccccc1)N(Cc1c(Cl)cccc1Cl)C(=O)COc1cc(C)cc(C)c1C. The molecule has 3 aromatic carbocycles. The number of aryl methyl sites for hydroxylation is 2. The maximum atomic E-state index is 13.7. The maximum absolute atomic E-state index is 13.7. The molecule has 190 valence electrons. The summed E-state index contributed by atoms with van der Waals surface area (Å²) in [4.78, 5) is 28.5. The monoisotopic (exact) mass is 526 g/mol. The lowest BCUT2D eigenvalue weighted by atomic mass is 10.0. The Bertz CT molecular complexity index is 1190. The van der Waals surface area contributed by atoms with Crippen LogP contribution in [0.4, 0.5) is 0 Å².